The van der Waals surface area contributed by atoms with Gasteiger partial charge in [0.1, 0.15) is 11.5 Å². The van der Waals surface area contributed by atoms with E-state index in [4.69, 9.17) is 0 Å². The van der Waals surface area contributed by atoms with Crippen LogP contribution >= 0.6 is 0 Å². The number of anilines is 2. The molecule has 0 bridgehead atoms. The first-order chi connectivity index (χ1) is 16.9. The number of nitrogens with zero attached hydrogens (tertiary/aromatic N) is 1. The number of halogens is 1. The summed E-state index contributed by atoms with van der Waals surface area (Å²) in [6, 6.07) is 21.6. The molecule has 1 aromatic heterocycles. The Morgan fingerprint density at radius 1 is 0.914 bits per heavy atom. The minimum atomic E-state index is -0.513. The van der Waals surface area contributed by atoms with Crippen LogP contribution < -0.4 is 16.0 Å². The maximum absolute atomic E-state index is 13.0. The van der Waals surface area contributed by atoms with Crippen LogP contribution in [0, 0.1) is 5.82 Å². The zero-order valence-corrected chi connectivity index (χ0v) is 18.5. The molecule has 7 nitrogen and oxygen atoms in total. The summed E-state index contributed by atoms with van der Waals surface area (Å²) in [5.74, 6) is -1.69. The van der Waals surface area contributed by atoms with Crippen molar-refractivity contribution in [3.63, 3.8) is 0 Å². The zero-order valence-electron chi connectivity index (χ0n) is 18.5. The number of fused-ring (bicyclic) bond motifs is 1. The maximum Gasteiger partial charge on any atom is 0.270 e. The van der Waals surface area contributed by atoms with Crippen LogP contribution in [-0.4, -0.2) is 29.3 Å². The molecule has 1 heterocycles. The number of carbonyl (C=O) groups is 3. The molecule has 8 heteroatoms. The predicted molar refractivity (Wildman–Crippen MR) is 133 cm³/mol. The van der Waals surface area contributed by atoms with Gasteiger partial charge >= 0.3 is 0 Å². The van der Waals surface area contributed by atoms with E-state index in [2.05, 4.69) is 27.5 Å². The second-order valence-electron chi connectivity index (χ2n) is 7.58. The van der Waals surface area contributed by atoms with E-state index in [0.717, 1.165) is 16.3 Å². The number of benzene rings is 3. The Morgan fingerprint density at radius 3 is 2.46 bits per heavy atom. The highest BCUT2D eigenvalue weighted by atomic mass is 19.1. The first-order valence-corrected chi connectivity index (χ1v) is 10.7. The number of nitrogens with one attached hydrogen (secondary N) is 3. The fraction of sp³-hybridized carbons (Fsp3) is 0.0370. The molecule has 0 saturated heterocycles. The number of carbonyl (C=O) groups excluding carboxylic acids is 3. The Balaban J connectivity index is 1.49. The summed E-state index contributed by atoms with van der Waals surface area (Å²) >= 11 is 0. The number of hydrogen-bond donors (Lipinski definition) is 3. The van der Waals surface area contributed by atoms with E-state index in [1.54, 1.807) is 24.3 Å². The standard InChI is InChI=1S/C27H21FN4O3/c1-2-25(33)32-23-7-3-5-17-9-10-18(15-21(17)23)22-6-4-8-24(31-22)27(35)29-16-26(34)30-20-13-11-19(28)12-14-20/h2-15H,1,16H2,(H,29,35)(H,30,34)(H,32,33). The molecule has 0 fully saturated rings. The first-order valence-electron chi connectivity index (χ1n) is 10.7. The van der Waals surface area contributed by atoms with E-state index in [1.807, 2.05) is 30.3 Å². The van der Waals surface area contributed by atoms with Crippen molar-refractivity contribution in [2.45, 2.75) is 0 Å². The second kappa shape index (κ2) is 10.4. The van der Waals surface area contributed by atoms with Crippen molar-refractivity contribution in [2.75, 3.05) is 17.2 Å². The van der Waals surface area contributed by atoms with Gasteiger partial charge in [-0.25, -0.2) is 9.37 Å². The lowest BCUT2D eigenvalue weighted by atomic mass is 10.0. The number of pyridine rings is 1. The van der Waals surface area contributed by atoms with Gasteiger partial charge in [0.05, 0.1) is 12.2 Å². The zero-order chi connectivity index (χ0) is 24.8. The van der Waals surface area contributed by atoms with Crippen LogP contribution in [0.2, 0.25) is 0 Å². The van der Waals surface area contributed by atoms with E-state index in [9.17, 15) is 18.8 Å². The van der Waals surface area contributed by atoms with E-state index < -0.39 is 17.6 Å². The Labute approximate surface area is 200 Å². The van der Waals surface area contributed by atoms with Gasteiger partial charge in [-0.2, -0.15) is 0 Å². The minimum absolute atomic E-state index is 0.144. The molecule has 0 spiro atoms. The van der Waals surface area contributed by atoms with Crippen molar-refractivity contribution in [1.29, 1.82) is 0 Å². The van der Waals surface area contributed by atoms with Crippen molar-refractivity contribution in [3.05, 3.63) is 103 Å². The fourth-order valence-corrected chi connectivity index (χ4v) is 3.44. The van der Waals surface area contributed by atoms with Gasteiger partial charge in [0, 0.05) is 22.3 Å². The molecule has 0 atom stereocenters. The van der Waals surface area contributed by atoms with Gasteiger partial charge in [0.2, 0.25) is 11.8 Å². The topological polar surface area (TPSA) is 100 Å². The van der Waals surface area contributed by atoms with Crippen LogP contribution in [0.15, 0.2) is 91.5 Å². The van der Waals surface area contributed by atoms with E-state index >= 15 is 0 Å². The summed E-state index contributed by atoms with van der Waals surface area (Å²) in [5.41, 5.74) is 2.51. The Kier molecular flexibility index (Phi) is 6.92. The predicted octanol–water partition coefficient (Wildman–Crippen LogP) is 4.53. The molecule has 174 valence electrons. The quantitative estimate of drug-likeness (QED) is 0.347. The lowest BCUT2D eigenvalue weighted by molar-refractivity contribution is -0.115. The molecule has 0 unspecified atom stereocenters. The molecule has 3 amide bonds. The average Bonchev–Trinajstić information content (AvgIpc) is 2.88. The summed E-state index contributed by atoms with van der Waals surface area (Å²) in [5, 5.41) is 9.64. The van der Waals surface area contributed by atoms with Crippen LogP contribution in [0.3, 0.4) is 0 Å². The van der Waals surface area contributed by atoms with Crippen LogP contribution in [0.4, 0.5) is 15.8 Å². The second-order valence-corrected chi connectivity index (χ2v) is 7.58. The van der Waals surface area contributed by atoms with Gasteiger partial charge in [-0.3, -0.25) is 14.4 Å². The van der Waals surface area contributed by atoms with Gasteiger partial charge < -0.3 is 16.0 Å². The van der Waals surface area contributed by atoms with Crippen LogP contribution in [0.1, 0.15) is 10.5 Å². The number of aromatic nitrogens is 1. The molecule has 0 aliphatic heterocycles. The van der Waals surface area contributed by atoms with E-state index in [0.29, 0.717) is 17.1 Å². The third-order valence-corrected chi connectivity index (χ3v) is 5.14. The molecule has 35 heavy (non-hydrogen) atoms. The SMILES string of the molecule is C=CC(=O)Nc1cccc2ccc(-c3cccc(C(=O)NCC(=O)Nc4ccc(F)cc4)n3)cc12. The molecule has 0 saturated carbocycles. The molecule has 4 aromatic rings. The third-order valence-electron chi connectivity index (χ3n) is 5.14. The third kappa shape index (κ3) is 5.75. The summed E-state index contributed by atoms with van der Waals surface area (Å²) in [7, 11) is 0. The fourth-order valence-electron chi connectivity index (χ4n) is 3.44. The van der Waals surface area contributed by atoms with Crippen molar-refractivity contribution < 1.29 is 18.8 Å². The van der Waals surface area contributed by atoms with E-state index in [1.165, 1.54) is 30.3 Å². The molecule has 0 aliphatic carbocycles. The molecule has 0 aliphatic rings. The number of rotatable bonds is 7. The normalized spacial score (nSPS) is 10.4. The van der Waals surface area contributed by atoms with Crippen molar-refractivity contribution >= 4 is 39.9 Å². The molecule has 4 rings (SSSR count). The lowest BCUT2D eigenvalue weighted by Crippen LogP contribution is -2.33. The minimum Gasteiger partial charge on any atom is -0.342 e. The highest BCUT2D eigenvalue weighted by Crippen LogP contribution is 2.28. The molecule has 3 N–H and O–H groups in total. The summed E-state index contributed by atoms with van der Waals surface area (Å²) < 4.78 is 13.0. The smallest absolute Gasteiger partial charge is 0.270 e. The van der Waals surface area contributed by atoms with Crippen molar-refractivity contribution in [2.24, 2.45) is 0 Å². The van der Waals surface area contributed by atoms with Crippen molar-refractivity contribution in [1.82, 2.24) is 10.3 Å². The Hall–Kier alpha value is -4.85. The van der Waals surface area contributed by atoms with Crippen LogP contribution in [0.25, 0.3) is 22.0 Å². The van der Waals surface area contributed by atoms with Crippen LogP contribution in [-0.2, 0) is 9.59 Å². The highest BCUT2D eigenvalue weighted by Gasteiger charge is 2.12. The van der Waals surface area contributed by atoms with Gasteiger partial charge in [-0.15, -0.1) is 0 Å². The van der Waals surface area contributed by atoms with Gasteiger partial charge in [-0.05, 0) is 60.0 Å². The van der Waals surface area contributed by atoms with E-state index in [-0.39, 0.29) is 18.1 Å². The molecule has 3 aromatic carbocycles. The number of amides is 3. The summed E-state index contributed by atoms with van der Waals surface area (Å²) in [6.45, 7) is 3.21. The molecular weight excluding hydrogens is 447 g/mol. The van der Waals surface area contributed by atoms with Gasteiger partial charge in [-0.1, -0.05) is 36.9 Å². The lowest BCUT2D eigenvalue weighted by Gasteiger charge is -2.10. The maximum atomic E-state index is 13.0. The highest BCUT2D eigenvalue weighted by molar-refractivity contribution is 6.06. The largest absolute Gasteiger partial charge is 0.342 e. The average molecular weight is 468 g/mol. The molecule has 0 radical (unpaired) electrons. The Morgan fingerprint density at radius 2 is 1.69 bits per heavy atom. The number of hydrogen-bond acceptors (Lipinski definition) is 4. The monoisotopic (exact) mass is 468 g/mol. The van der Waals surface area contributed by atoms with Crippen molar-refractivity contribution in [3.8, 4) is 11.3 Å². The summed E-state index contributed by atoms with van der Waals surface area (Å²) in [6.07, 6.45) is 1.20. The summed E-state index contributed by atoms with van der Waals surface area (Å²) in [4.78, 5) is 40.9. The van der Waals surface area contributed by atoms with Crippen LogP contribution in [0.5, 0.6) is 0 Å². The first kappa shape index (κ1) is 23.3. The Bertz CT molecular complexity index is 1430. The molecular formula is C27H21FN4O3. The van der Waals surface area contributed by atoms with Gasteiger partial charge in [0.15, 0.2) is 0 Å². The van der Waals surface area contributed by atoms with Gasteiger partial charge in [0.25, 0.3) is 5.91 Å².